The first-order chi connectivity index (χ1) is 11.2. The van der Waals surface area contributed by atoms with E-state index in [9.17, 15) is 9.59 Å². The van der Waals surface area contributed by atoms with Crippen LogP contribution in [0.5, 0.6) is 5.75 Å². The molecule has 0 spiro atoms. The van der Waals surface area contributed by atoms with Crippen molar-refractivity contribution in [2.45, 2.75) is 32.9 Å². The molecule has 0 fully saturated rings. The van der Waals surface area contributed by atoms with Gasteiger partial charge in [0.05, 0.1) is 0 Å². The molecular formula is C17H20N2O5. The topological polar surface area (TPSA) is 101 Å². The molecule has 1 aromatic heterocycles. The lowest BCUT2D eigenvalue weighted by Gasteiger charge is -2.20. The molecule has 2 rings (SSSR count). The molecule has 3 N–H and O–H groups in total. The fraction of sp³-hybridized carbons (Fsp3) is 0.294. The van der Waals surface area contributed by atoms with Gasteiger partial charge in [-0.1, -0.05) is 0 Å². The number of ether oxygens (including phenoxy) is 1. The zero-order valence-electron chi connectivity index (χ0n) is 13.8. The summed E-state index contributed by atoms with van der Waals surface area (Å²) in [5.41, 5.74) is 0.320. The summed E-state index contributed by atoms with van der Waals surface area (Å²) < 4.78 is 10.6. The van der Waals surface area contributed by atoms with Gasteiger partial charge >= 0.3 is 12.0 Å². The van der Waals surface area contributed by atoms with Crippen LogP contribution in [0.3, 0.4) is 0 Å². The molecule has 0 saturated carbocycles. The molecule has 24 heavy (non-hydrogen) atoms. The van der Waals surface area contributed by atoms with E-state index >= 15 is 0 Å². The highest BCUT2D eigenvalue weighted by Crippen LogP contribution is 2.18. The smallest absolute Gasteiger partial charge is 0.371 e. The number of carbonyl (C=O) groups is 2. The zero-order chi connectivity index (χ0) is 17.7. The number of furan rings is 1. The number of nitrogens with one attached hydrogen (secondary N) is 2. The van der Waals surface area contributed by atoms with Crippen LogP contribution < -0.4 is 15.4 Å². The number of aromatic carboxylic acids is 1. The minimum Gasteiger partial charge on any atom is -0.486 e. The van der Waals surface area contributed by atoms with Gasteiger partial charge < -0.3 is 24.9 Å². The van der Waals surface area contributed by atoms with E-state index in [1.807, 2.05) is 20.8 Å². The Labute approximate surface area is 139 Å². The third-order valence-electron chi connectivity index (χ3n) is 2.85. The monoisotopic (exact) mass is 332 g/mol. The molecule has 2 amide bonds. The van der Waals surface area contributed by atoms with Gasteiger partial charge in [0.2, 0.25) is 5.76 Å². The Bertz CT molecular complexity index is 713. The molecule has 2 aromatic rings. The lowest BCUT2D eigenvalue weighted by atomic mass is 10.1. The Morgan fingerprint density at radius 2 is 1.79 bits per heavy atom. The molecule has 7 heteroatoms. The van der Waals surface area contributed by atoms with Crippen molar-refractivity contribution in [3.05, 3.63) is 47.9 Å². The van der Waals surface area contributed by atoms with Gasteiger partial charge in [0.25, 0.3) is 0 Å². The Hall–Kier alpha value is -2.96. The van der Waals surface area contributed by atoms with E-state index in [4.69, 9.17) is 14.3 Å². The normalized spacial score (nSPS) is 11.0. The zero-order valence-corrected chi connectivity index (χ0v) is 13.8. The molecule has 128 valence electrons. The van der Waals surface area contributed by atoms with Crippen molar-refractivity contribution in [3.8, 4) is 5.75 Å². The third kappa shape index (κ3) is 5.35. The summed E-state index contributed by atoms with van der Waals surface area (Å²) in [5, 5.41) is 14.3. The highest BCUT2D eigenvalue weighted by molar-refractivity contribution is 5.89. The maximum absolute atomic E-state index is 11.8. The Morgan fingerprint density at radius 1 is 1.12 bits per heavy atom. The first-order valence-electron chi connectivity index (χ1n) is 7.37. The van der Waals surface area contributed by atoms with E-state index in [2.05, 4.69) is 10.6 Å². The van der Waals surface area contributed by atoms with Crippen LogP contribution in [0.15, 0.2) is 40.8 Å². The first kappa shape index (κ1) is 17.4. The standard InChI is InChI=1S/C17H20N2O5/c1-17(2,3)19-16(22)18-11-4-6-12(7-5-11)23-10-13-8-9-14(24-13)15(20)21/h4-9H,10H2,1-3H3,(H,20,21)(H2,18,19,22). The number of urea groups is 1. The Morgan fingerprint density at radius 3 is 2.33 bits per heavy atom. The van der Waals surface area contributed by atoms with Crippen LogP contribution in [0.4, 0.5) is 10.5 Å². The molecule has 0 saturated heterocycles. The molecule has 0 bridgehead atoms. The van der Waals surface area contributed by atoms with Gasteiger partial charge in [0.15, 0.2) is 0 Å². The van der Waals surface area contributed by atoms with E-state index in [1.54, 1.807) is 30.3 Å². The molecule has 0 atom stereocenters. The highest BCUT2D eigenvalue weighted by Gasteiger charge is 2.13. The number of hydrogen-bond donors (Lipinski definition) is 3. The van der Waals surface area contributed by atoms with Gasteiger partial charge in [-0.05, 0) is 57.2 Å². The van der Waals surface area contributed by atoms with Crippen LogP contribution in [0, 0.1) is 0 Å². The van der Waals surface area contributed by atoms with Gasteiger partial charge in [-0.3, -0.25) is 0 Å². The van der Waals surface area contributed by atoms with E-state index in [0.29, 0.717) is 17.2 Å². The Kier molecular flexibility index (Phi) is 5.13. The summed E-state index contributed by atoms with van der Waals surface area (Å²) in [6.07, 6.45) is 0. The summed E-state index contributed by atoms with van der Waals surface area (Å²) in [6, 6.07) is 9.47. The van der Waals surface area contributed by atoms with Crippen LogP contribution in [0.25, 0.3) is 0 Å². The lowest BCUT2D eigenvalue weighted by molar-refractivity contribution is 0.0658. The largest absolute Gasteiger partial charge is 0.486 e. The van der Waals surface area contributed by atoms with Crippen molar-refractivity contribution >= 4 is 17.7 Å². The van der Waals surface area contributed by atoms with Gasteiger partial charge in [-0.2, -0.15) is 0 Å². The number of hydrogen-bond acceptors (Lipinski definition) is 4. The summed E-state index contributed by atoms with van der Waals surface area (Å²) >= 11 is 0. The van der Waals surface area contributed by atoms with Crippen LogP contribution in [-0.2, 0) is 6.61 Å². The second-order valence-electron chi connectivity index (χ2n) is 6.21. The van der Waals surface area contributed by atoms with Crippen LogP contribution in [-0.4, -0.2) is 22.6 Å². The van der Waals surface area contributed by atoms with Crippen molar-refractivity contribution in [1.29, 1.82) is 0 Å². The molecule has 0 aliphatic heterocycles. The average molecular weight is 332 g/mol. The summed E-state index contributed by atoms with van der Waals surface area (Å²) in [7, 11) is 0. The van der Waals surface area contributed by atoms with Gasteiger partial charge in [-0.15, -0.1) is 0 Å². The summed E-state index contributed by atoms with van der Waals surface area (Å²) in [5.74, 6) is -0.257. The molecule has 1 heterocycles. The fourth-order valence-corrected chi connectivity index (χ4v) is 1.86. The molecular weight excluding hydrogens is 312 g/mol. The number of rotatable bonds is 5. The minimum atomic E-state index is -1.12. The number of benzene rings is 1. The number of carboxylic acids is 1. The minimum absolute atomic E-state index is 0.116. The van der Waals surface area contributed by atoms with Gasteiger partial charge in [-0.25, -0.2) is 9.59 Å². The Balaban J connectivity index is 1.87. The molecule has 0 aliphatic rings. The van der Waals surface area contributed by atoms with E-state index in [1.165, 1.54) is 6.07 Å². The second kappa shape index (κ2) is 7.08. The molecule has 0 aliphatic carbocycles. The first-order valence-corrected chi connectivity index (χ1v) is 7.37. The van der Waals surface area contributed by atoms with Crippen molar-refractivity contribution in [2.75, 3.05) is 5.32 Å². The molecule has 1 aromatic carbocycles. The van der Waals surface area contributed by atoms with E-state index in [-0.39, 0.29) is 23.9 Å². The summed E-state index contributed by atoms with van der Waals surface area (Å²) in [6.45, 7) is 5.81. The predicted octanol–water partition coefficient (Wildman–Crippen LogP) is 3.48. The predicted molar refractivity (Wildman–Crippen MR) is 88.3 cm³/mol. The number of carbonyl (C=O) groups excluding carboxylic acids is 1. The van der Waals surface area contributed by atoms with Gasteiger partial charge in [0, 0.05) is 11.2 Å². The van der Waals surface area contributed by atoms with Crippen molar-refractivity contribution < 1.29 is 23.8 Å². The van der Waals surface area contributed by atoms with E-state index < -0.39 is 5.97 Å². The van der Waals surface area contributed by atoms with Crippen LogP contribution >= 0.6 is 0 Å². The number of amides is 2. The van der Waals surface area contributed by atoms with Gasteiger partial charge in [0.1, 0.15) is 18.1 Å². The number of anilines is 1. The molecule has 0 radical (unpaired) electrons. The van der Waals surface area contributed by atoms with Crippen LogP contribution in [0.1, 0.15) is 37.1 Å². The van der Waals surface area contributed by atoms with Crippen molar-refractivity contribution in [1.82, 2.24) is 5.32 Å². The quantitative estimate of drug-likeness (QED) is 0.778. The SMILES string of the molecule is CC(C)(C)NC(=O)Nc1ccc(OCc2ccc(C(=O)O)o2)cc1. The molecule has 0 unspecified atom stereocenters. The van der Waals surface area contributed by atoms with E-state index in [0.717, 1.165) is 0 Å². The fourth-order valence-electron chi connectivity index (χ4n) is 1.86. The van der Waals surface area contributed by atoms with Crippen molar-refractivity contribution in [2.24, 2.45) is 0 Å². The maximum atomic E-state index is 11.8. The summed E-state index contributed by atoms with van der Waals surface area (Å²) in [4.78, 5) is 22.5. The number of carboxylic acid groups (broad SMARTS) is 1. The molecule has 7 nitrogen and oxygen atoms in total. The van der Waals surface area contributed by atoms with Crippen LogP contribution in [0.2, 0.25) is 0 Å². The maximum Gasteiger partial charge on any atom is 0.371 e. The lowest BCUT2D eigenvalue weighted by Crippen LogP contribution is -2.43. The second-order valence-corrected chi connectivity index (χ2v) is 6.21. The average Bonchev–Trinajstić information content (AvgIpc) is 2.93. The highest BCUT2D eigenvalue weighted by atomic mass is 16.5. The van der Waals surface area contributed by atoms with Crippen molar-refractivity contribution in [3.63, 3.8) is 0 Å². The third-order valence-corrected chi connectivity index (χ3v) is 2.85.